The summed E-state index contributed by atoms with van der Waals surface area (Å²) in [6.45, 7) is 4.52. The van der Waals surface area contributed by atoms with E-state index >= 15 is 0 Å². The Hall–Kier alpha value is -2.05. The highest BCUT2D eigenvalue weighted by Crippen LogP contribution is 2.41. The van der Waals surface area contributed by atoms with Gasteiger partial charge in [0.2, 0.25) is 0 Å². The van der Waals surface area contributed by atoms with E-state index in [1.807, 2.05) is 49.5 Å². The topological polar surface area (TPSA) is 42.0 Å². The third-order valence-corrected chi connectivity index (χ3v) is 5.24. The number of anilines is 2. The molecule has 0 amide bonds. The van der Waals surface area contributed by atoms with Crippen molar-refractivity contribution in [2.75, 3.05) is 29.5 Å². The Morgan fingerprint density at radius 1 is 1.31 bits per heavy atom. The second kappa shape index (κ2) is 8.10. The molecule has 0 aromatic heterocycles. The van der Waals surface area contributed by atoms with Crippen LogP contribution < -0.4 is 13.9 Å². The fraction of sp³-hybridized carbons (Fsp3) is 0.316. The van der Waals surface area contributed by atoms with Crippen LogP contribution in [0.25, 0.3) is 0 Å². The first-order valence-electron chi connectivity index (χ1n) is 8.37. The van der Waals surface area contributed by atoms with Gasteiger partial charge in [-0.2, -0.15) is 0 Å². The number of esters is 1. The van der Waals surface area contributed by atoms with Crippen molar-refractivity contribution >= 4 is 40.9 Å². The van der Waals surface area contributed by atoms with Gasteiger partial charge in [0.1, 0.15) is 12.4 Å². The number of benzene rings is 2. The molecule has 0 bridgehead atoms. The standard InChI is InChI=1S/C19H21ClN2O3S/c1-4-24-19(23)13(2)25-16-8-9-18-17(11-16)21(3)12-22(26-18)15-7-5-6-14(20)10-15/h5-11,13H,4,12H2,1-3H3. The smallest absolute Gasteiger partial charge is 0.347 e. The molecule has 2 aromatic rings. The largest absolute Gasteiger partial charge is 0.479 e. The maximum atomic E-state index is 11.7. The molecule has 0 radical (unpaired) electrons. The molecule has 0 N–H and O–H groups in total. The fourth-order valence-electron chi connectivity index (χ4n) is 2.64. The van der Waals surface area contributed by atoms with Crippen LogP contribution in [-0.4, -0.2) is 32.4 Å². The van der Waals surface area contributed by atoms with Crippen molar-refractivity contribution < 1.29 is 14.3 Å². The van der Waals surface area contributed by atoms with Crippen LogP contribution in [0.2, 0.25) is 5.02 Å². The molecular weight excluding hydrogens is 372 g/mol. The van der Waals surface area contributed by atoms with Crippen molar-refractivity contribution in [3.63, 3.8) is 0 Å². The molecule has 138 valence electrons. The summed E-state index contributed by atoms with van der Waals surface area (Å²) >= 11 is 7.76. The zero-order chi connectivity index (χ0) is 18.7. The van der Waals surface area contributed by atoms with Crippen molar-refractivity contribution in [1.82, 2.24) is 0 Å². The average molecular weight is 393 g/mol. The summed E-state index contributed by atoms with van der Waals surface area (Å²) in [5.41, 5.74) is 2.11. The Labute approximate surface area is 163 Å². The molecule has 7 heteroatoms. The van der Waals surface area contributed by atoms with Crippen LogP contribution in [0.4, 0.5) is 11.4 Å². The number of ether oxygens (including phenoxy) is 2. The Kier molecular flexibility index (Phi) is 5.84. The van der Waals surface area contributed by atoms with E-state index < -0.39 is 6.10 Å². The van der Waals surface area contributed by atoms with Crippen LogP contribution in [0.15, 0.2) is 47.4 Å². The Morgan fingerprint density at radius 2 is 2.12 bits per heavy atom. The summed E-state index contributed by atoms with van der Waals surface area (Å²) in [6.07, 6.45) is -0.641. The molecule has 0 fully saturated rings. The highest BCUT2D eigenvalue weighted by molar-refractivity contribution is 8.00. The molecule has 1 atom stereocenters. The molecule has 1 heterocycles. The minimum Gasteiger partial charge on any atom is -0.479 e. The number of carbonyl (C=O) groups is 1. The molecule has 0 saturated heterocycles. The van der Waals surface area contributed by atoms with Gasteiger partial charge < -0.3 is 14.4 Å². The molecule has 0 spiro atoms. The fourth-order valence-corrected chi connectivity index (χ4v) is 3.95. The molecular formula is C19H21ClN2O3S. The van der Waals surface area contributed by atoms with Gasteiger partial charge in [-0.25, -0.2) is 4.79 Å². The van der Waals surface area contributed by atoms with E-state index in [1.165, 1.54) is 0 Å². The van der Waals surface area contributed by atoms with E-state index in [-0.39, 0.29) is 5.97 Å². The van der Waals surface area contributed by atoms with Gasteiger partial charge in [-0.1, -0.05) is 17.7 Å². The summed E-state index contributed by atoms with van der Waals surface area (Å²) in [7, 11) is 2.02. The molecule has 1 aliphatic rings. The first kappa shape index (κ1) is 18.7. The zero-order valence-electron chi connectivity index (χ0n) is 14.9. The lowest BCUT2D eigenvalue weighted by molar-refractivity contribution is -0.150. The Bertz CT molecular complexity index is 802. The van der Waals surface area contributed by atoms with Gasteiger partial charge in [0, 0.05) is 18.1 Å². The first-order valence-corrected chi connectivity index (χ1v) is 9.52. The third kappa shape index (κ3) is 4.19. The van der Waals surface area contributed by atoms with Gasteiger partial charge in [0.05, 0.1) is 22.9 Å². The van der Waals surface area contributed by atoms with Crippen LogP contribution in [0.1, 0.15) is 13.8 Å². The highest BCUT2D eigenvalue weighted by Gasteiger charge is 2.23. The van der Waals surface area contributed by atoms with Crippen molar-refractivity contribution in [1.29, 1.82) is 0 Å². The number of rotatable bonds is 5. The minimum absolute atomic E-state index is 0.343. The zero-order valence-corrected chi connectivity index (χ0v) is 16.5. The van der Waals surface area contributed by atoms with Gasteiger partial charge in [0.25, 0.3) is 0 Å². The molecule has 1 unspecified atom stereocenters. The number of nitrogens with zero attached hydrogens (tertiary/aromatic N) is 2. The monoisotopic (exact) mass is 392 g/mol. The van der Waals surface area contributed by atoms with Gasteiger partial charge in [-0.3, -0.25) is 4.31 Å². The quantitative estimate of drug-likeness (QED) is 0.547. The molecule has 5 nitrogen and oxygen atoms in total. The number of hydrogen-bond donors (Lipinski definition) is 0. The number of carbonyl (C=O) groups excluding carboxylic acids is 1. The molecule has 2 aromatic carbocycles. The maximum Gasteiger partial charge on any atom is 0.347 e. The maximum absolute atomic E-state index is 11.7. The molecule has 0 saturated carbocycles. The van der Waals surface area contributed by atoms with E-state index in [2.05, 4.69) is 9.21 Å². The number of hydrogen-bond acceptors (Lipinski definition) is 6. The molecule has 26 heavy (non-hydrogen) atoms. The van der Waals surface area contributed by atoms with E-state index in [0.29, 0.717) is 24.0 Å². The number of fused-ring (bicyclic) bond motifs is 1. The van der Waals surface area contributed by atoms with E-state index in [0.717, 1.165) is 16.3 Å². The van der Waals surface area contributed by atoms with Crippen LogP contribution in [-0.2, 0) is 9.53 Å². The van der Waals surface area contributed by atoms with E-state index in [9.17, 15) is 4.79 Å². The van der Waals surface area contributed by atoms with Crippen molar-refractivity contribution in [3.8, 4) is 5.75 Å². The van der Waals surface area contributed by atoms with Gasteiger partial charge >= 0.3 is 5.97 Å². The van der Waals surface area contributed by atoms with Gasteiger partial charge in [0.15, 0.2) is 6.10 Å². The lowest BCUT2D eigenvalue weighted by atomic mass is 10.2. The van der Waals surface area contributed by atoms with Crippen molar-refractivity contribution in [2.24, 2.45) is 0 Å². The SMILES string of the molecule is CCOC(=O)C(C)Oc1ccc2c(c1)N(C)CN(c1cccc(Cl)c1)S2. The van der Waals surface area contributed by atoms with Crippen LogP contribution in [0.5, 0.6) is 5.75 Å². The number of halogens is 1. The predicted molar refractivity (Wildman–Crippen MR) is 106 cm³/mol. The summed E-state index contributed by atoms with van der Waals surface area (Å²) in [5.74, 6) is 0.285. The lowest BCUT2D eigenvalue weighted by Crippen LogP contribution is -2.35. The second-order valence-electron chi connectivity index (χ2n) is 5.93. The Balaban J connectivity index is 1.76. The summed E-state index contributed by atoms with van der Waals surface area (Å²) in [4.78, 5) is 15.0. The average Bonchev–Trinajstić information content (AvgIpc) is 2.62. The van der Waals surface area contributed by atoms with E-state index in [1.54, 1.807) is 25.8 Å². The predicted octanol–water partition coefficient (Wildman–Crippen LogP) is 4.59. The van der Waals surface area contributed by atoms with Crippen molar-refractivity contribution in [3.05, 3.63) is 47.5 Å². The van der Waals surface area contributed by atoms with Crippen LogP contribution in [0, 0.1) is 0 Å². The third-order valence-electron chi connectivity index (χ3n) is 3.92. The van der Waals surface area contributed by atoms with Crippen LogP contribution >= 0.6 is 23.5 Å². The molecule has 0 aliphatic carbocycles. The first-order chi connectivity index (χ1) is 12.5. The Morgan fingerprint density at radius 3 is 2.85 bits per heavy atom. The van der Waals surface area contributed by atoms with Crippen LogP contribution in [0.3, 0.4) is 0 Å². The second-order valence-corrected chi connectivity index (χ2v) is 7.43. The highest BCUT2D eigenvalue weighted by atomic mass is 35.5. The van der Waals surface area contributed by atoms with E-state index in [4.69, 9.17) is 21.1 Å². The normalized spacial score (nSPS) is 14.6. The van der Waals surface area contributed by atoms with Gasteiger partial charge in [-0.15, -0.1) is 0 Å². The summed E-state index contributed by atoms with van der Waals surface area (Å²) in [5, 5.41) is 0.716. The van der Waals surface area contributed by atoms with Crippen molar-refractivity contribution in [2.45, 2.75) is 24.8 Å². The minimum atomic E-state index is -0.641. The summed E-state index contributed by atoms with van der Waals surface area (Å²) < 4.78 is 12.9. The molecule has 3 rings (SSSR count). The molecule has 1 aliphatic heterocycles. The van der Waals surface area contributed by atoms with Gasteiger partial charge in [-0.05, 0) is 56.1 Å². The lowest BCUT2D eigenvalue weighted by Gasteiger charge is -2.36. The summed E-state index contributed by atoms with van der Waals surface area (Å²) in [6, 6.07) is 13.6.